The molecule has 0 saturated carbocycles. The fourth-order valence-electron chi connectivity index (χ4n) is 1.43. The van der Waals surface area contributed by atoms with Gasteiger partial charge in [-0.25, -0.2) is 13.8 Å². The van der Waals surface area contributed by atoms with Crippen molar-refractivity contribution in [1.82, 2.24) is 4.98 Å². The Morgan fingerprint density at radius 2 is 1.71 bits per heavy atom. The molecular formula is C13H8ClF2N3O2. The number of nitrogens with one attached hydrogen (secondary N) is 2. The van der Waals surface area contributed by atoms with Crippen molar-refractivity contribution in [3.63, 3.8) is 0 Å². The highest BCUT2D eigenvalue weighted by Crippen LogP contribution is 2.18. The molecule has 2 amide bonds. The zero-order valence-corrected chi connectivity index (χ0v) is 11.1. The molecule has 108 valence electrons. The van der Waals surface area contributed by atoms with Gasteiger partial charge in [0.25, 0.3) is 0 Å². The first kappa shape index (κ1) is 14.9. The van der Waals surface area contributed by atoms with E-state index in [1.807, 2.05) is 5.32 Å². The van der Waals surface area contributed by atoms with Gasteiger partial charge >= 0.3 is 11.8 Å². The number of anilines is 2. The molecule has 0 saturated heterocycles. The second kappa shape index (κ2) is 6.27. The number of hydrogen-bond acceptors (Lipinski definition) is 3. The van der Waals surface area contributed by atoms with Crippen LogP contribution in [0.4, 0.5) is 20.2 Å². The largest absolute Gasteiger partial charge is 0.315 e. The molecule has 2 N–H and O–H groups in total. The summed E-state index contributed by atoms with van der Waals surface area (Å²) in [6, 6.07) is 5.42. The van der Waals surface area contributed by atoms with Crippen LogP contribution in [0.5, 0.6) is 0 Å². The van der Waals surface area contributed by atoms with Crippen LogP contribution in [0.15, 0.2) is 36.5 Å². The third-order valence-electron chi connectivity index (χ3n) is 2.39. The molecule has 5 nitrogen and oxygen atoms in total. The van der Waals surface area contributed by atoms with Crippen LogP contribution in [-0.4, -0.2) is 16.8 Å². The van der Waals surface area contributed by atoms with Gasteiger partial charge in [0.15, 0.2) is 5.15 Å². The molecule has 0 atom stereocenters. The Morgan fingerprint density at radius 3 is 2.38 bits per heavy atom. The SMILES string of the molecule is O=C(Nc1cc(F)ccc1F)C(=O)Nc1cccnc1Cl. The lowest BCUT2D eigenvalue weighted by Gasteiger charge is -2.08. The molecule has 1 aromatic carbocycles. The van der Waals surface area contributed by atoms with E-state index in [1.165, 1.54) is 18.3 Å². The van der Waals surface area contributed by atoms with E-state index in [-0.39, 0.29) is 10.8 Å². The quantitative estimate of drug-likeness (QED) is 0.661. The van der Waals surface area contributed by atoms with E-state index >= 15 is 0 Å². The summed E-state index contributed by atoms with van der Waals surface area (Å²) in [7, 11) is 0. The topological polar surface area (TPSA) is 71.1 Å². The molecule has 0 fully saturated rings. The number of aromatic nitrogens is 1. The average Bonchev–Trinajstić information content (AvgIpc) is 2.45. The summed E-state index contributed by atoms with van der Waals surface area (Å²) in [6.07, 6.45) is 1.40. The Balaban J connectivity index is 2.08. The molecular weight excluding hydrogens is 304 g/mol. The van der Waals surface area contributed by atoms with E-state index in [0.29, 0.717) is 0 Å². The molecule has 1 heterocycles. The number of hydrogen-bond donors (Lipinski definition) is 2. The number of carbonyl (C=O) groups is 2. The maximum atomic E-state index is 13.3. The summed E-state index contributed by atoms with van der Waals surface area (Å²) in [5.74, 6) is -3.87. The number of benzene rings is 1. The molecule has 0 bridgehead atoms. The predicted molar refractivity (Wildman–Crippen MR) is 72.9 cm³/mol. The lowest BCUT2D eigenvalue weighted by molar-refractivity contribution is -0.133. The van der Waals surface area contributed by atoms with E-state index in [9.17, 15) is 18.4 Å². The second-order valence-corrected chi connectivity index (χ2v) is 4.23. The highest BCUT2D eigenvalue weighted by molar-refractivity contribution is 6.44. The first-order chi connectivity index (χ1) is 9.97. The molecule has 8 heteroatoms. The third-order valence-corrected chi connectivity index (χ3v) is 2.69. The van der Waals surface area contributed by atoms with Crippen molar-refractivity contribution in [2.24, 2.45) is 0 Å². The third kappa shape index (κ3) is 3.73. The maximum Gasteiger partial charge on any atom is 0.314 e. The van der Waals surface area contributed by atoms with Gasteiger partial charge in [-0.2, -0.15) is 0 Å². The molecule has 0 radical (unpaired) electrons. The predicted octanol–water partition coefficient (Wildman–Crippen LogP) is 2.59. The fourth-order valence-corrected chi connectivity index (χ4v) is 1.60. The Morgan fingerprint density at radius 1 is 1.05 bits per heavy atom. The molecule has 0 unspecified atom stereocenters. The van der Waals surface area contributed by atoms with E-state index in [2.05, 4.69) is 10.3 Å². The monoisotopic (exact) mass is 311 g/mol. The summed E-state index contributed by atoms with van der Waals surface area (Å²) >= 11 is 5.71. The van der Waals surface area contributed by atoms with Crippen LogP contribution >= 0.6 is 11.6 Å². The minimum Gasteiger partial charge on any atom is -0.315 e. The number of nitrogens with zero attached hydrogens (tertiary/aromatic N) is 1. The minimum atomic E-state index is -1.17. The van der Waals surface area contributed by atoms with Crippen molar-refractivity contribution < 1.29 is 18.4 Å². The molecule has 0 aliphatic carbocycles. The highest BCUT2D eigenvalue weighted by atomic mass is 35.5. The van der Waals surface area contributed by atoms with Gasteiger partial charge in [0.2, 0.25) is 0 Å². The molecule has 2 aromatic rings. The number of halogens is 3. The van der Waals surface area contributed by atoms with Crippen LogP contribution in [-0.2, 0) is 9.59 Å². The number of pyridine rings is 1. The zero-order chi connectivity index (χ0) is 15.4. The Kier molecular flexibility index (Phi) is 4.44. The standard InChI is InChI=1S/C13H8ClF2N3O2/c14-11-9(2-1-5-17-11)18-12(20)13(21)19-10-6-7(15)3-4-8(10)16/h1-6H,(H,18,20)(H,19,21). The fraction of sp³-hybridized carbons (Fsp3) is 0. The molecule has 2 rings (SSSR count). The van der Waals surface area contributed by atoms with Crippen molar-refractivity contribution in [1.29, 1.82) is 0 Å². The Labute approximate surface area is 122 Å². The number of carbonyl (C=O) groups excluding carboxylic acids is 2. The van der Waals surface area contributed by atoms with Gasteiger partial charge in [0, 0.05) is 12.3 Å². The first-order valence-corrected chi connectivity index (χ1v) is 6.03. The summed E-state index contributed by atoms with van der Waals surface area (Å²) < 4.78 is 26.3. The lowest BCUT2D eigenvalue weighted by Crippen LogP contribution is -2.29. The van der Waals surface area contributed by atoms with E-state index in [4.69, 9.17) is 11.6 Å². The van der Waals surface area contributed by atoms with Gasteiger partial charge in [0.05, 0.1) is 11.4 Å². The van der Waals surface area contributed by atoms with Crippen LogP contribution in [0, 0.1) is 11.6 Å². The van der Waals surface area contributed by atoms with Crippen molar-refractivity contribution >= 4 is 34.8 Å². The summed E-state index contributed by atoms with van der Waals surface area (Å²) in [5.41, 5.74) is -0.313. The molecule has 1 aromatic heterocycles. The molecule has 0 aliphatic heterocycles. The van der Waals surface area contributed by atoms with Crippen LogP contribution < -0.4 is 10.6 Å². The average molecular weight is 312 g/mol. The van der Waals surface area contributed by atoms with Gasteiger partial charge in [-0.05, 0) is 24.3 Å². The van der Waals surface area contributed by atoms with Gasteiger partial charge in [0.1, 0.15) is 11.6 Å². The van der Waals surface area contributed by atoms with Crippen LogP contribution in [0.1, 0.15) is 0 Å². The second-order valence-electron chi connectivity index (χ2n) is 3.87. The normalized spacial score (nSPS) is 10.0. The van der Waals surface area contributed by atoms with Gasteiger partial charge in [-0.1, -0.05) is 11.6 Å². The van der Waals surface area contributed by atoms with Gasteiger partial charge < -0.3 is 10.6 Å². The van der Waals surface area contributed by atoms with Crippen LogP contribution in [0.2, 0.25) is 5.15 Å². The first-order valence-electron chi connectivity index (χ1n) is 5.65. The van der Waals surface area contributed by atoms with Crippen molar-refractivity contribution in [2.45, 2.75) is 0 Å². The van der Waals surface area contributed by atoms with Gasteiger partial charge in [-0.3, -0.25) is 9.59 Å². The summed E-state index contributed by atoms with van der Waals surface area (Å²) in [6.45, 7) is 0. The summed E-state index contributed by atoms with van der Waals surface area (Å²) in [5, 5.41) is 4.16. The molecule has 21 heavy (non-hydrogen) atoms. The zero-order valence-electron chi connectivity index (χ0n) is 10.4. The van der Waals surface area contributed by atoms with E-state index < -0.39 is 29.1 Å². The minimum absolute atomic E-state index is 0.00409. The number of rotatable bonds is 2. The number of amides is 2. The van der Waals surface area contributed by atoms with Crippen LogP contribution in [0.3, 0.4) is 0 Å². The van der Waals surface area contributed by atoms with Crippen molar-refractivity contribution in [3.8, 4) is 0 Å². The van der Waals surface area contributed by atoms with Crippen molar-refractivity contribution in [3.05, 3.63) is 53.3 Å². The lowest BCUT2D eigenvalue weighted by atomic mass is 10.3. The Hall–Kier alpha value is -2.54. The highest BCUT2D eigenvalue weighted by Gasteiger charge is 2.17. The van der Waals surface area contributed by atoms with Gasteiger partial charge in [-0.15, -0.1) is 0 Å². The Bertz CT molecular complexity index is 710. The smallest absolute Gasteiger partial charge is 0.314 e. The van der Waals surface area contributed by atoms with E-state index in [1.54, 1.807) is 0 Å². The molecule has 0 aliphatic rings. The van der Waals surface area contributed by atoms with Crippen molar-refractivity contribution in [2.75, 3.05) is 10.6 Å². The van der Waals surface area contributed by atoms with E-state index in [0.717, 1.165) is 18.2 Å². The maximum absolute atomic E-state index is 13.3. The van der Waals surface area contributed by atoms with Crippen LogP contribution in [0.25, 0.3) is 0 Å². The molecule has 0 spiro atoms. The summed E-state index contributed by atoms with van der Waals surface area (Å²) in [4.78, 5) is 27.0.